The molecule has 0 saturated carbocycles. The molecule has 2 aromatic carbocycles. The van der Waals surface area contributed by atoms with E-state index in [1.54, 1.807) is 24.3 Å². The van der Waals surface area contributed by atoms with Crippen molar-refractivity contribution in [2.24, 2.45) is 0 Å². The number of ether oxygens (including phenoxy) is 6. The summed E-state index contributed by atoms with van der Waals surface area (Å²) in [6.07, 6.45) is 6.12. The molecule has 0 amide bonds. The van der Waals surface area contributed by atoms with Crippen molar-refractivity contribution in [3.63, 3.8) is 0 Å². The molecule has 236 valence electrons. The van der Waals surface area contributed by atoms with Crippen LogP contribution in [0.2, 0.25) is 6.32 Å². The minimum Gasteiger partial charge on any atom is -0.453 e. The zero-order valence-corrected chi connectivity index (χ0v) is 25.5. The predicted octanol–water partition coefficient (Wildman–Crippen LogP) is 4.63. The molecular weight excluding hydrogens is 567 g/mol. The molecule has 2 aliphatic heterocycles. The van der Waals surface area contributed by atoms with Gasteiger partial charge in [0.1, 0.15) is 31.6 Å². The Labute approximate surface area is 259 Å². The summed E-state index contributed by atoms with van der Waals surface area (Å²) in [6, 6.07) is 12.4. The number of rotatable bonds is 16. The molecule has 0 N–H and O–H groups in total. The number of esters is 4. The highest BCUT2D eigenvalue weighted by molar-refractivity contribution is 6.08. The second-order valence-electron chi connectivity index (χ2n) is 11.1. The standard InChI is InChI=1S/C33H41BO10/c1-2-3-4-6-9-28(35)41-24-15-11-22(12-16-24)32(37)43-26-20-39-31-27(21-40-30(26)31)44-33(38)23-13-17-25(18-14-23)42-29(36)10-7-5-8-19-34/h11-18,26-27,30-31H,2-10,19-21,34H2,1H3/t26-,27+,30+,31+/m0/s1. The van der Waals surface area contributed by atoms with E-state index in [-0.39, 0.29) is 25.2 Å². The minimum absolute atomic E-state index is 0.0986. The quantitative estimate of drug-likeness (QED) is 0.115. The van der Waals surface area contributed by atoms with E-state index in [0.29, 0.717) is 35.5 Å². The number of carbonyl (C=O) groups excluding carboxylic acids is 4. The Kier molecular flexibility index (Phi) is 12.8. The van der Waals surface area contributed by atoms with Crippen LogP contribution in [-0.2, 0) is 28.5 Å². The van der Waals surface area contributed by atoms with Crippen LogP contribution < -0.4 is 9.47 Å². The lowest BCUT2D eigenvalue weighted by molar-refractivity contribution is -0.135. The summed E-state index contributed by atoms with van der Waals surface area (Å²) >= 11 is 0. The van der Waals surface area contributed by atoms with Gasteiger partial charge in [-0.3, -0.25) is 9.59 Å². The third-order valence-electron chi connectivity index (χ3n) is 7.59. The van der Waals surface area contributed by atoms with E-state index >= 15 is 0 Å². The Morgan fingerprint density at radius 2 is 1.09 bits per heavy atom. The first-order valence-electron chi connectivity index (χ1n) is 15.6. The van der Waals surface area contributed by atoms with Crippen molar-refractivity contribution in [2.45, 2.75) is 95.4 Å². The normalized spacial score (nSPS) is 20.5. The smallest absolute Gasteiger partial charge is 0.338 e. The largest absolute Gasteiger partial charge is 0.453 e. The van der Waals surface area contributed by atoms with Crippen LogP contribution in [0.25, 0.3) is 0 Å². The van der Waals surface area contributed by atoms with Crippen molar-refractivity contribution in [1.29, 1.82) is 0 Å². The van der Waals surface area contributed by atoms with Gasteiger partial charge in [-0.25, -0.2) is 9.59 Å². The molecule has 11 heteroatoms. The molecule has 0 spiro atoms. The van der Waals surface area contributed by atoms with Gasteiger partial charge >= 0.3 is 23.9 Å². The molecule has 2 fully saturated rings. The molecule has 2 saturated heterocycles. The van der Waals surface area contributed by atoms with Crippen molar-refractivity contribution < 1.29 is 47.6 Å². The zero-order valence-electron chi connectivity index (χ0n) is 25.5. The lowest BCUT2D eigenvalue weighted by atomic mass is 9.99. The molecule has 2 aromatic rings. The van der Waals surface area contributed by atoms with Gasteiger partial charge in [-0.05, 0) is 61.4 Å². The highest BCUT2D eigenvalue weighted by Crippen LogP contribution is 2.32. The van der Waals surface area contributed by atoms with Crippen LogP contribution in [0.15, 0.2) is 48.5 Å². The average molecular weight is 608 g/mol. The topological polar surface area (TPSA) is 124 Å². The van der Waals surface area contributed by atoms with Crippen molar-refractivity contribution in [3.8, 4) is 11.5 Å². The fourth-order valence-corrected chi connectivity index (χ4v) is 5.12. The second-order valence-corrected chi connectivity index (χ2v) is 11.1. The van der Waals surface area contributed by atoms with E-state index in [1.807, 2.05) is 0 Å². The first-order valence-corrected chi connectivity index (χ1v) is 15.6. The van der Waals surface area contributed by atoms with Gasteiger partial charge in [0.25, 0.3) is 0 Å². The Bertz CT molecular complexity index is 1150. The van der Waals surface area contributed by atoms with Crippen LogP contribution >= 0.6 is 0 Å². The first-order chi connectivity index (χ1) is 21.4. The number of benzene rings is 2. The van der Waals surface area contributed by atoms with Crippen LogP contribution in [0, 0.1) is 0 Å². The van der Waals surface area contributed by atoms with Gasteiger partial charge in [0.05, 0.1) is 24.3 Å². The van der Waals surface area contributed by atoms with E-state index in [0.717, 1.165) is 51.3 Å². The summed E-state index contributed by atoms with van der Waals surface area (Å²) in [4.78, 5) is 49.6. The van der Waals surface area contributed by atoms with Crippen molar-refractivity contribution in [2.75, 3.05) is 13.2 Å². The van der Waals surface area contributed by atoms with Crippen molar-refractivity contribution in [3.05, 3.63) is 59.7 Å². The molecule has 0 bridgehead atoms. The van der Waals surface area contributed by atoms with Crippen LogP contribution in [0.5, 0.6) is 11.5 Å². The molecule has 44 heavy (non-hydrogen) atoms. The van der Waals surface area contributed by atoms with E-state index in [1.165, 1.54) is 24.3 Å². The molecule has 4 atom stereocenters. The van der Waals surface area contributed by atoms with Gasteiger partial charge in [-0.15, -0.1) is 0 Å². The van der Waals surface area contributed by atoms with Crippen LogP contribution in [0.4, 0.5) is 0 Å². The maximum atomic E-state index is 12.8. The minimum atomic E-state index is -0.673. The fraction of sp³-hybridized carbons (Fsp3) is 0.515. The number of hydrogen-bond donors (Lipinski definition) is 0. The van der Waals surface area contributed by atoms with Crippen molar-refractivity contribution >= 4 is 31.7 Å². The van der Waals surface area contributed by atoms with Gasteiger partial charge in [-0.1, -0.05) is 45.3 Å². The van der Waals surface area contributed by atoms with E-state index in [9.17, 15) is 19.2 Å². The molecular formula is C33H41BO10. The summed E-state index contributed by atoms with van der Waals surface area (Å²) in [7, 11) is 2.11. The predicted molar refractivity (Wildman–Crippen MR) is 163 cm³/mol. The first kappa shape index (κ1) is 33.2. The summed E-state index contributed by atoms with van der Waals surface area (Å²) in [6.45, 7) is 2.31. The van der Waals surface area contributed by atoms with Gasteiger partial charge < -0.3 is 28.4 Å². The zero-order chi connectivity index (χ0) is 31.3. The molecule has 2 heterocycles. The lowest BCUT2D eigenvalue weighted by Crippen LogP contribution is -2.36. The van der Waals surface area contributed by atoms with E-state index in [4.69, 9.17) is 28.4 Å². The fourth-order valence-electron chi connectivity index (χ4n) is 5.12. The molecule has 4 rings (SSSR count). The Balaban J connectivity index is 1.21. The number of unbranched alkanes of at least 4 members (excludes halogenated alkanes) is 5. The number of fused-ring (bicyclic) bond motifs is 1. The lowest BCUT2D eigenvalue weighted by Gasteiger charge is -2.17. The molecule has 0 aromatic heterocycles. The highest BCUT2D eigenvalue weighted by atomic mass is 16.7. The average Bonchev–Trinajstić information content (AvgIpc) is 3.61. The number of hydrogen-bond acceptors (Lipinski definition) is 10. The Morgan fingerprint density at radius 1 is 0.659 bits per heavy atom. The summed E-state index contributed by atoms with van der Waals surface area (Å²) < 4.78 is 33.6. The van der Waals surface area contributed by atoms with Crippen molar-refractivity contribution in [1.82, 2.24) is 0 Å². The van der Waals surface area contributed by atoms with Gasteiger partial charge in [0.2, 0.25) is 0 Å². The third kappa shape index (κ3) is 9.65. The van der Waals surface area contributed by atoms with E-state index < -0.39 is 36.4 Å². The summed E-state index contributed by atoms with van der Waals surface area (Å²) in [5.74, 6) is -1.01. The molecule has 2 aliphatic rings. The Morgan fingerprint density at radius 3 is 1.50 bits per heavy atom. The van der Waals surface area contributed by atoms with Crippen LogP contribution in [-0.4, -0.2) is 69.4 Å². The van der Waals surface area contributed by atoms with Crippen LogP contribution in [0.1, 0.15) is 85.4 Å². The number of carbonyl (C=O) groups is 4. The second kappa shape index (κ2) is 17.0. The monoisotopic (exact) mass is 608 g/mol. The third-order valence-corrected chi connectivity index (χ3v) is 7.59. The molecule has 0 radical (unpaired) electrons. The molecule has 10 nitrogen and oxygen atoms in total. The Hall–Kier alpha value is -3.70. The van der Waals surface area contributed by atoms with Gasteiger partial charge in [0, 0.05) is 12.8 Å². The van der Waals surface area contributed by atoms with Gasteiger partial charge in [-0.2, -0.15) is 0 Å². The maximum Gasteiger partial charge on any atom is 0.338 e. The van der Waals surface area contributed by atoms with Gasteiger partial charge in [0.15, 0.2) is 12.2 Å². The molecule has 0 aliphatic carbocycles. The SMILES string of the molecule is BCCCCCC(=O)Oc1ccc(C(=O)O[C@@H]2CO[C@H]3[C@@H]2OC[C@@H]3OC(=O)c2ccc(OC(=O)CCCCCC)cc2)cc1. The summed E-state index contributed by atoms with van der Waals surface area (Å²) in [5.41, 5.74) is 0.588. The van der Waals surface area contributed by atoms with Crippen LogP contribution in [0.3, 0.4) is 0 Å². The van der Waals surface area contributed by atoms with E-state index in [2.05, 4.69) is 14.8 Å². The maximum absolute atomic E-state index is 12.8. The summed E-state index contributed by atoms with van der Waals surface area (Å²) in [5, 5.41) is 0. The highest BCUT2D eigenvalue weighted by Gasteiger charge is 2.51. The molecule has 0 unspecified atom stereocenters.